The zero-order valence-corrected chi connectivity index (χ0v) is 10.2. The second kappa shape index (κ2) is 4.79. The molecule has 1 aromatic carbocycles. The van der Waals surface area contributed by atoms with Gasteiger partial charge in [-0.15, -0.1) is 0 Å². The molecule has 0 fully saturated rings. The van der Waals surface area contributed by atoms with E-state index in [0.717, 1.165) is 6.07 Å². The topological polar surface area (TPSA) is 83.5 Å². The smallest absolute Gasteiger partial charge is 0.320 e. The Morgan fingerprint density at radius 3 is 2.62 bits per heavy atom. The fourth-order valence-electron chi connectivity index (χ4n) is 0.949. The summed E-state index contributed by atoms with van der Waals surface area (Å²) in [6.45, 7) is 0. The molecule has 0 heterocycles. The molecule has 0 amide bonds. The van der Waals surface area contributed by atoms with Crippen LogP contribution in [0.5, 0.6) is 0 Å². The summed E-state index contributed by atoms with van der Waals surface area (Å²) in [6, 6.07) is 3.87. The van der Waals surface area contributed by atoms with Gasteiger partial charge in [0.1, 0.15) is 5.82 Å². The summed E-state index contributed by atoms with van der Waals surface area (Å²) >= 11 is 2.95. The van der Waals surface area contributed by atoms with Crippen molar-refractivity contribution in [3.05, 3.63) is 28.5 Å². The normalized spacial score (nSPS) is 11.1. The van der Waals surface area contributed by atoms with Crippen LogP contribution >= 0.6 is 15.9 Å². The molecule has 5 nitrogen and oxygen atoms in total. The number of anilines is 1. The van der Waals surface area contributed by atoms with Crippen LogP contribution in [0.4, 0.5) is 10.1 Å². The van der Waals surface area contributed by atoms with E-state index >= 15 is 0 Å². The molecule has 88 valence electrons. The maximum Gasteiger partial charge on any atom is 0.320 e. The van der Waals surface area contributed by atoms with Crippen molar-refractivity contribution in [3.8, 4) is 0 Å². The molecule has 0 unspecified atom stereocenters. The quantitative estimate of drug-likeness (QED) is 0.880. The van der Waals surface area contributed by atoms with Crippen LogP contribution in [0.1, 0.15) is 0 Å². The van der Waals surface area contributed by atoms with Gasteiger partial charge in [0.15, 0.2) is 5.75 Å². The van der Waals surface area contributed by atoms with Crippen molar-refractivity contribution in [1.82, 2.24) is 0 Å². The number of hydrogen-bond donors (Lipinski definition) is 2. The number of sulfonamides is 1. The largest absolute Gasteiger partial charge is 0.480 e. The summed E-state index contributed by atoms with van der Waals surface area (Å²) in [5, 5.41) is 8.34. The Balaban J connectivity index is 3.01. The molecule has 16 heavy (non-hydrogen) atoms. The molecule has 8 heteroatoms. The minimum Gasteiger partial charge on any atom is -0.480 e. The van der Waals surface area contributed by atoms with Gasteiger partial charge in [-0.3, -0.25) is 9.52 Å². The monoisotopic (exact) mass is 311 g/mol. The van der Waals surface area contributed by atoms with Gasteiger partial charge < -0.3 is 5.11 Å². The van der Waals surface area contributed by atoms with Crippen molar-refractivity contribution >= 4 is 37.6 Å². The number of carboxylic acids is 1. The van der Waals surface area contributed by atoms with Gasteiger partial charge in [-0.05, 0) is 28.1 Å². The molecule has 0 aliphatic heterocycles. The fraction of sp³-hybridized carbons (Fsp3) is 0.125. The molecule has 0 aliphatic rings. The van der Waals surface area contributed by atoms with Gasteiger partial charge in [0.05, 0.1) is 5.69 Å². The Morgan fingerprint density at radius 2 is 2.12 bits per heavy atom. The fourth-order valence-corrected chi connectivity index (χ4v) is 2.44. The maximum absolute atomic E-state index is 13.2. The average Bonchev–Trinajstić information content (AvgIpc) is 2.09. The summed E-state index contributed by atoms with van der Waals surface area (Å²) in [6.07, 6.45) is 0. The second-order valence-electron chi connectivity index (χ2n) is 2.85. The van der Waals surface area contributed by atoms with Crippen LogP contribution in [0.2, 0.25) is 0 Å². The van der Waals surface area contributed by atoms with E-state index in [1.165, 1.54) is 12.1 Å². The summed E-state index contributed by atoms with van der Waals surface area (Å²) in [7, 11) is -4.10. The highest BCUT2D eigenvalue weighted by atomic mass is 79.9. The van der Waals surface area contributed by atoms with E-state index in [9.17, 15) is 17.6 Å². The van der Waals surface area contributed by atoms with E-state index in [2.05, 4.69) is 15.9 Å². The van der Waals surface area contributed by atoms with Gasteiger partial charge in [-0.25, -0.2) is 12.8 Å². The molecule has 0 spiro atoms. The third-order valence-corrected chi connectivity index (χ3v) is 3.34. The molecule has 0 atom stereocenters. The summed E-state index contributed by atoms with van der Waals surface area (Å²) in [4.78, 5) is 10.3. The van der Waals surface area contributed by atoms with Crippen LogP contribution < -0.4 is 4.72 Å². The molecule has 0 saturated carbocycles. The number of para-hydroxylation sites is 1. The van der Waals surface area contributed by atoms with E-state index in [-0.39, 0.29) is 10.2 Å². The predicted octanol–water partition coefficient (Wildman–Crippen LogP) is 1.41. The van der Waals surface area contributed by atoms with Crippen LogP contribution in [0.15, 0.2) is 22.7 Å². The average molecular weight is 312 g/mol. The van der Waals surface area contributed by atoms with Gasteiger partial charge in [-0.1, -0.05) is 6.07 Å². The van der Waals surface area contributed by atoms with Crippen LogP contribution in [-0.2, 0) is 14.8 Å². The number of halogens is 2. The Labute approximate surface area is 99.5 Å². The number of aliphatic carboxylic acids is 1. The van der Waals surface area contributed by atoms with Crippen molar-refractivity contribution in [2.24, 2.45) is 0 Å². The zero-order valence-electron chi connectivity index (χ0n) is 7.78. The first-order valence-corrected chi connectivity index (χ1v) is 6.42. The number of hydrogen-bond acceptors (Lipinski definition) is 3. The van der Waals surface area contributed by atoms with Crippen LogP contribution in [-0.4, -0.2) is 25.2 Å². The van der Waals surface area contributed by atoms with E-state index < -0.39 is 27.6 Å². The lowest BCUT2D eigenvalue weighted by molar-refractivity contribution is -0.134. The van der Waals surface area contributed by atoms with E-state index in [1.807, 2.05) is 4.72 Å². The first kappa shape index (κ1) is 12.9. The predicted molar refractivity (Wildman–Crippen MR) is 59.1 cm³/mol. The molecule has 0 saturated heterocycles. The van der Waals surface area contributed by atoms with Gasteiger partial charge in [0.25, 0.3) is 0 Å². The van der Waals surface area contributed by atoms with Gasteiger partial charge in [0.2, 0.25) is 10.0 Å². The van der Waals surface area contributed by atoms with Crippen molar-refractivity contribution in [2.45, 2.75) is 0 Å². The Morgan fingerprint density at radius 1 is 1.50 bits per heavy atom. The third-order valence-electron chi connectivity index (χ3n) is 1.53. The maximum atomic E-state index is 13.2. The lowest BCUT2D eigenvalue weighted by Gasteiger charge is -2.08. The van der Waals surface area contributed by atoms with Gasteiger partial charge in [-0.2, -0.15) is 0 Å². The van der Waals surface area contributed by atoms with E-state index in [4.69, 9.17) is 5.11 Å². The molecule has 0 aromatic heterocycles. The number of carbonyl (C=O) groups is 1. The Hall–Kier alpha value is -1.15. The van der Waals surface area contributed by atoms with E-state index in [0.29, 0.717) is 0 Å². The van der Waals surface area contributed by atoms with Crippen molar-refractivity contribution in [1.29, 1.82) is 0 Å². The van der Waals surface area contributed by atoms with Crippen molar-refractivity contribution in [2.75, 3.05) is 10.5 Å². The highest BCUT2D eigenvalue weighted by Crippen LogP contribution is 2.26. The lowest BCUT2D eigenvalue weighted by atomic mass is 10.3. The summed E-state index contributed by atoms with van der Waals surface area (Å²) < 4.78 is 37.7. The molecule has 1 aromatic rings. The minimum absolute atomic E-state index is 0.196. The number of benzene rings is 1. The molecular formula is C8H7BrFNO4S. The third kappa shape index (κ3) is 3.46. The first-order chi connectivity index (χ1) is 7.32. The molecule has 1 rings (SSSR count). The second-order valence-corrected chi connectivity index (χ2v) is 5.43. The molecule has 0 aliphatic carbocycles. The van der Waals surface area contributed by atoms with Crippen molar-refractivity contribution < 1.29 is 22.7 Å². The Kier molecular flexibility index (Phi) is 3.87. The minimum atomic E-state index is -4.10. The van der Waals surface area contributed by atoms with Crippen LogP contribution in [0, 0.1) is 5.82 Å². The van der Waals surface area contributed by atoms with E-state index in [1.54, 1.807) is 0 Å². The molecule has 0 bridgehead atoms. The summed E-state index contributed by atoms with van der Waals surface area (Å²) in [5.74, 6) is -3.42. The SMILES string of the molecule is O=C(O)CS(=O)(=O)Nc1c(F)cccc1Br. The standard InChI is InChI=1S/C8H7BrFNO4S/c9-5-2-1-3-6(10)8(5)11-16(14,15)4-7(12)13/h1-3,11H,4H2,(H,12,13). The van der Waals surface area contributed by atoms with Crippen LogP contribution in [0.25, 0.3) is 0 Å². The van der Waals surface area contributed by atoms with Crippen LogP contribution in [0.3, 0.4) is 0 Å². The Bertz CT molecular complexity index is 497. The highest BCUT2D eigenvalue weighted by molar-refractivity contribution is 9.10. The molecule has 2 N–H and O–H groups in total. The van der Waals surface area contributed by atoms with Gasteiger partial charge in [0, 0.05) is 4.47 Å². The van der Waals surface area contributed by atoms with Gasteiger partial charge >= 0.3 is 5.97 Å². The zero-order chi connectivity index (χ0) is 12.3. The number of carboxylic acid groups (broad SMARTS) is 1. The number of nitrogens with one attached hydrogen (secondary N) is 1. The van der Waals surface area contributed by atoms with Crippen molar-refractivity contribution in [3.63, 3.8) is 0 Å². The first-order valence-electron chi connectivity index (χ1n) is 3.98. The molecular weight excluding hydrogens is 305 g/mol. The molecule has 0 radical (unpaired) electrons. The summed E-state index contributed by atoms with van der Waals surface area (Å²) in [5.41, 5.74) is -0.302. The highest BCUT2D eigenvalue weighted by Gasteiger charge is 2.18. The lowest BCUT2D eigenvalue weighted by Crippen LogP contribution is -2.23. The number of rotatable bonds is 4.